The van der Waals surface area contributed by atoms with E-state index >= 15 is 0 Å². The lowest BCUT2D eigenvalue weighted by Gasteiger charge is -2.41. The van der Waals surface area contributed by atoms with Gasteiger partial charge in [-0.2, -0.15) is 0 Å². The van der Waals surface area contributed by atoms with Crippen molar-refractivity contribution >= 4 is 5.91 Å². The Hall–Kier alpha value is -1.39. The first kappa shape index (κ1) is 14.0. The minimum Gasteiger partial charge on any atom is -0.394 e. The molecule has 1 aromatic rings. The molecule has 0 radical (unpaired) electrons. The van der Waals surface area contributed by atoms with Crippen molar-refractivity contribution in [2.75, 3.05) is 13.2 Å². The van der Waals surface area contributed by atoms with Crippen LogP contribution in [0, 0.1) is 6.92 Å². The van der Waals surface area contributed by atoms with Gasteiger partial charge in [0.1, 0.15) is 0 Å². The van der Waals surface area contributed by atoms with E-state index in [1.165, 1.54) is 0 Å². The first-order valence-electron chi connectivity index (χ1n) is 6.73. The number of rotatable bonds is 5. The summed E-state index contributed by atoms with van der Waals surface area (Å²) < 4.78 is 0. The van der Waals surface area contributed by atoms with E-state index in [0.29, 0.717) is 0 Å². The van der Waals surface area contributed by atoms with Crippen LogP contribution in [0.5, 0.6) is 0 Å². The molecule has 0 aliphatic heterocycles. The van der Waals surface area contributed by atoms with Crippen molar-refractivity contribution in [3.8, 4) is 0 Å². The van der Waals surface area contributed by atoms with Crippen molar-refractivity contribution in [2.45, 2.75) is 37.7 Å². The van der Waals surface area contributed by atoms with Crippen LogP contribution < -0.4 is 5.32 Å². The van der Waals surface area contributed by atoms with Gasteiger partial charge in [-0.15, -0.1) is 0 Å². The van der Waals surface area contributed by atoms with E-state index in [1.807, 2.05) is 25.1 Å². The maximum absolute atomic E-state index is 12.4. The van der Waals surface area contributed by atoms with E-state index in [4.69, 9.17) is 5.11 Å². The van der Waals surface area contributed by atoms with Gasteiger partial charge in [-0.05, 0) is 25.3 Å². The van der Waals surface area contributed by atoms with E-state index < -0.39 is 11.5 Å². The van der Waals surface area contributed by atoms with Gasteiger partial charge in [-0.3, -0.25) is 4.79 Å². The number of hydrogen-bond donors (Lipinski definition) is 3. The SMILES string of the molecule is Cc1cccc(C2(C(=O)NCC(O)CO)CCC2)c1. The predicted molar refractivity (Wildman–Crippen MR) is 72.8 cm³/mol. The molecular weight excluding hydrogens is 242 g/mol. The van der Waals surface area contributed by atoms with Crippen LogP contribution in [-0.2, 0) is 10.2 Å². The molecule has 3 N–H and O–H groups in total. The van der Waals surface area contributed by atoms with Gasteiger partial charge in [-0.25, -0.2) is 0 Å². The number of amides is 1. The van der Waals surface area contributed by atoms with Crippen LogP contribution in [0.15, 0.2) is 24.3 Å². The van der Waals surface area contributed by atoms with Gasteiger partial charge in [0.15, 0.2) is 0 Å². The van der Waals surface area contributed by atoms with Crippen LogP contribution in [0.1, 0.15) is 30.4 Å². The number of aliphatic hydroxyl groups is 2. The van der Waals surface area contributed by atoms with E-state index in [9.17, 15) is 9.90 Å². The highest BCUT2D eigenvalue weighted by Gasteiger charge is 2.45. The maximum atomic E-state index is 12.4. The van der Waals surface area contributed by atoms with Crippen molar-refractivity contribution in [1.82, 2.24) is 5.32 Å². The average Bonchev–Trinajstić information content (AvgIpc) is 2.34. The van der Waals surface area contributed by atoms with Crippen LogP contribution in [0.2, 0.25) is 0 Å². The second-order valence-electron chi connectivity index (χ2n) is 5.35. The highest BCUT2D eigenvalue weighted by atomic mass is 16.3. The van der Waals surface area contributed by atoms with Crippen molar-refractivity contribution in [3.63, 3.8) is 0 Å². The lowest BCUT2D eigenvalue weighted by atomic mass is 9.63. The molecule has 0 aromatic heterocycles. The second-order valence-corrected chi connectivity index (χ2v) is 5.35. The summed E-state index contributed by atoms with van der Waals surface area (Å²) >= 11 is 0. The third-order valence-electron chi connectivity index (χ3n) is 3.92. The molecule has 0 saturated heterocycles. The van der Waals surface area contributed by atoms with E-state index in [2.05, 4.69) is 11.4 Å². The Bertz CT molecular complexity index is 454. The monoisotopic (exact) mass is 263 g/mol. The molecular formula is C15H21NO3. The number of carbonyl (C=O) groups is 1. The third-order valence-corrected chi connectivity index (χ3v) is 3.92. The molecule has 0 heterocycles. The normalized spacial score (nSPS) is 18.5. The summed E-state index contributed by atoms with van der Waals surface area (Å²) in [6.07, 6.45) is 1.84. The molecule has 2 rings (SSSR count). The Balaban J connectivity index is 2.12. The molecule has 1 aliphatic rings. The van der Waals surface area contributed by atoms with Crippen LogP contribution >= 0.6 is 0 Å². The zero-order valence-electron chi connectivity index (χ0n) is 11.2. The van der Waals surface area contributed by atoms with Crippen molar-refractivity contribution in [3.05, 3.63) is 35.4 Å². The molecule has 1 amide bonds. The molecule has 104 valence electrons. The molecule has 0 bridgehead atoms. The summed E-state index contributed by atoms with van der Waals surface area (Å²) in [5.41, 5.74) is 1.75. The summed E-state index contributed by atoms with van der Waals surface area (Å²) in [5.74, 6) is -0.0446. The van der Waals surface area contributed by atoms with Crippen LogP contribution in [0.25, 0.3) is 0 Å². The minimum absolute atomic E-state index is 0.0446. The highest BCUT2D eigenvalue weighted by Crippen LogP contribution is 2.44. The topological polar surface area (TPSA) is 69.6 Å². The molecule has 0 spiro atoms. The third kappa shape index (κ3) is 2.80. The van der Waals surface area contributed by atoms with Gasteiger partial charge in [0.05, 0.1) is 18.1 Å². The van der Waals surface area contributed by atoms with Gasteiger partial charge in [0.25, 0.3) is 0 Å². The number of hydrogen-bond acceptors (Lipinski definition) is 3. The zero-order chi connectivity index (χ0) is 13.9. The standard InChI is InChI=1S/C15H21NO3/c1-11-4-2-5-12(8-11)15(6-3-7-15)14(19)16-9-13(18)10-17/h2,4-5,8,13,17-18H,3,6-7,9-10H2,1H3,(H,16,19). The Morgan fingerprint density at radius 1 is 1.47 bits per heavy atom. The lowest BCUT2D eigenvalue weighted by molar-refractivity contribution is -0.130. The summed E-state index contributed by atoms with van der Waals surface area (Å²) in [6, 6.07) is 8.04. The smallest absolute Gasteiger partial charge is 0.230 e. The molecule has 4 nitrogen and oxygen atoms in total. The van der Waals surface area contributed by atoms with Crippen LogP contribution in [0.3, 0.4) is 0 Å². The summed E-state index contributed by atoms with van der Waals surface area (Å²) in [5, 5.41) is 20.8. The van der Waals surface area contributed by atoms with Gasteiger partial charge >= 0.3 is 0 Å². The molecule has 1 fully saturated rings. The molecule has 1 atom stereocenters. The predicted octanol–water partition coefficient (Wildman–Crippen LogP) is 0.886. The Labute approximate surface area is 113 Å². The fourth-order valence-electron chi connectivity index (χ4n) is 2.56. The Kier molecular flexibility index (Phi) is 4.22. The first-order valence-corrected chi connectivity index (χ1v) is 6.73. The van der Waals surface area contributed by atoms with Crippen LogP contribution in [0.4, 0.5) is 0 Å². The van der Waals surface area contributed by atoms with E-state index in [1.54, 1.807) is 0 Å². The summed E-state index contributed by atoms with van der Waals surface area (Å²) in [7, 11) is 0. The Morgan fingerprint density at radius 3 is 2.74 bits per heavy atom. The van der Waals surface area contributed by atoms with E-state index in [-0.39, 0.29) is 19.1 Å². The maximum Gasteiger partial charge on any atom is 0.230 e. The van der Waals surface area contributed by atoms with Gasteiger partial charge in [-0.1, -0.05) is 36.2 Å². The molecule has 1 aromatic carbocycles. The number of aliphatic hydroxyl groups excluding tert-OH is 2. The fraction of sp³-hybridized carbons (Fsp3) is 0.533. The second kappa shape index (κ2) is 5.72. The molecule has 1 saturated carbocycles. The van der Waals surface area contributed by atoms with Gasteiger partial charge < -0.3 is 15.5 Å². The summed E-state index contributed by atoms with van der Waals surface area (Å²) in [6.45, 7) is 1.78. The van der Waals surface area contributed by atoms with Crippen LogP contribution in [-0.4, -0.2) is 35.4 Å². The molecule has 4 heteroatoms. The molecule has 1 aliphatic carbocycles. The zero-order valence-corrected chi connectivity index (χ0v) is 11.2. The highest BCUT2D eigenvalue weighted by molar-refractivity contribution is 5.89. The van der Waals surface area contributed by atoms with Gasteiger partial charge in [0, 0.05) is 6.54 Å². The lowest BCUT2D eigenvalue weighted by Crippen LogP contribution is -2.51. The Morgan fingerprint density at radius 2 is 2.21 bits per heavy atom. The molecule has 1 unspecified atom stereocenters. The average molecular weight is 263 g/mol. The number of aryl methyl sites for hydroxylation is 1. The molecule has 19 heavy (non-hydrogen) atoms. The van der Waals surface area contributed by atoms with Gasteiger partial charge in [0.2, 0.25) is 5.91 Å². The van der Waals surface area contributed by atoms with Crippen molar-refractivity contribution in [1.29, 1.82) is 0 Å². The number of nitrogens with one attached hydrogen (secondary N) is 1. The quantitative estimate of drug-likeness (QED) is 0.739. The van der Waals surface area contributed by atoms with Crippen molar-refractivity contribution < 1.29 is 15.0 Å². The summed E-state index contributed by atoms with van der Waals surface area (Å²) in [4.78, 5) is 12.4. The largest absolute Gasteiger partial charge is 0.394 e. The fourth-order valence-corrected chi connectivity index (χ4v) is 2.56. The minimum atomic E-state index is -0.890. The first-order chi connectivity index (χ1) is 9.08. The number of benzene rings is 1. The van der Waals surface area contributed by atoms with E-state index in [0.717, 1.165) is 30.4 Å². The number of carbonyl (C=O) groups excluding carboxylic acids is 1. The van der Waals surface area contributed by atoms with Crippen molar-refractivity contribution in [2.24, 2.45) is 0 Å².